The molecule has 86 valence electrons. The highest BCUT2D eigenvalue weighted by Crippen LogP contribution is 2.38. The molecule has 0 amide bonds. The summed E-state index contributed by atoms with van der Waals surface area (Å²) in [5.41, 5.74) is 4.05. The molecule has 1 unspecified atom stereocenters. The zero-order valence-electron chi connectivity index (χ0n) is 9.50. The number of aromatic nitrogens is 2. The molecular formula is C12H18N4. The molecule has 1 fully saturated rings. The van der Waals surface area contributed by atoms with Crippen LogP contribution in [0.2, 0.25) is 0 Å². The third-order valence-electron chi connectivity index (χ3n) is 3.84. The molecule has 1 aliphatic carbocycles. The maximum absolute atomic E-state index is 4.50. The van der Waals surface area contributed by atoms with Gasteiger partial charge >= 0.3 is 0 Å². The van der Waals surface area contributed by atoms with Crippen LogP contribution >= 0.6 is 0 Å². The van der Waals surface area contributed by atoms with Gasteiger partial charge in [-0.2, -0.15) is 5.10 Å². The molecule has 4 heteroatoms. The molecule has 16 heavy (non-hydrogen) atoms. The second-order valence-corrected chi connectivity index (χ2v) is 4.88. The van der Waals surface area contributed by atoms with Gasteiger partial charge in [-0.05, 0) is 19.6 Å². The molecule has 0 saturated heterocycles. The van der Waals surface area contributed by atoms with E-state index in [4.69, 9.17) is 0 Å². The molecule has 1 atom stereocenters. The summed E-state index contributed by atoms with van der Waals surface area (Å²) in [6.07, 6.45) is 5.00. The van der Waals surface area contributed by atoms with Crippen LogP contribution in [0.5, 0.6) is 0 Å². The molecule has 0 bridgehead atoms. The first kappa shape index (κ1) is 10.0. The molecule has 1 aliphatic heterocycles. The van der Waals surface area contributed by atoms with Crippen molar-refractivity contribution in [3.8, 4) is 0 Å². The average molecular weight is 218 g/mol. The fourth-order valence-electron chi connectivity index (χ4n) is 2.65. The van der Waals surface area contributed by atoms with E-state index >= 15 is 0 Å². The maximum Gasteiger partial charge on any atom is 0.0700 e. The van der Waals surface area contributed by atoms with Crippen LogP contribution in [0, 0.1) is 0 Å². The highest BCUT2D eigenvalue weighted by Gasteiger charge is 2.29. The van der Waals surface area contributed by atoms with Gasteiger partial charge in [0.15, 0.2) is 0 Å². The topological polar surface area (TPSA) is 53.1 Å². The van der Waals surface area contributed by atoms with E-state index in [1.54, 1.807) is 0 Å². The lowest BCUT2D eigenvalue weighted by molar-refractivity contribution is 0.404. The van der Waals surface area contributed by atoms with E-state index in [2.05, 4.69) is 27.2 Å². The molecule has 1 aromatic rings. The second kappa shape index (κ2) is 4.01. The van der Waals surface area contributed by atoms with Gasteiger partial charge in [-0.25, -0.2) is 0 Å². The molecular weight excluding hydrogens is 200 g/mol. The molecule has 3 rings (SSSR count). The number of hydrogen-bond donors (Lipinski definition) is 2. The molecule has 1 aromatic heterocycles. The predicted octanol–water partition coefficient (Wildman–Crippen LogP) is 1.39. The Kier molecular flexibility index (Phi) is 2.52. The number of hydrogen-bond acceptors (Lipinski definition) is 3. The predicted molar refractivity (Wildman–Crippen MR) is 63.9 cm³/mol. The Morgan fingerprint density at radius 2 is 2.31 bits per heavy atom. The normalized spacial score (nSPS) is 24.9. The highest BCUT2D eigenvalue weighted by atomic mass is 15.1. The average Bonchev–Trinajstić information content (AvgIpc) is 2.60. The van der Waals surface area contributed by atoms with Crippen LogP contribution in [0.25, 0.3) is 0 Å². The van der Waals surface area contributed by atoms with E-state index in [1.807, 2.05) is 0 Å². The van der Waals surface area contributed by atoms with Crippen molar-refractivity contribution in [1.82, 2.24) is 15.5 Å². The smallest absolute Gasteiger partial charge is 0.0700 e. The van der Waals surface area contributed by atoms with E-state index in [0.717, 1.165) is 25.4 Å². The minimum Gasteiger partial charge on any atom is -0.308 e. The maximum atomic E-state index is 4.50. The standard InChI is InChI=1S/C12H18N4/c1-13-6-9-5-11-10(7-14-9)12(16-15-11)8-3-2-4-8/h8-9,14H,1-7H2,(H,15,16). The number of rotatable bonds is 3. The fraction of sp³-hybridized carbons (Fsp3) is 0.667. The summed E-state index contributed by atoms with van der Waals surface area (Å²) in [6, 6.07) is 0.430. The minimum absolute atomic E-state index is 0.430. The zero-order chi connectivity index (χ0) is 11.0. The van der Waals surface area contributed by atoms with E-state index in [-0.39, 0.29) is 0 Å². The van der Waals surface area contributed by atoms with Crippen molar-refractivity contribution >= 4 is 6.72 Å². The van der Waals surface area contributed by atoms with Gasteiger partial charge in [0.25, 0.3) is 0 Å². The summed E-state index contributed by atoms with van der Waals surface area (Å²) >= 11 is 0. The lowest BCUT2D eigenvalue weighted by Gasteiger charge is -2.27. The second-order valence-electron chi connectivity index (χ2n) is 4.88. The number of nitrogens with zero attached hydrogens (tertiary/aromatic N) is 2. The number of aliphatic imine (C=N–C) groups is 1. The van der Waals surface area contributed by atoms with Gasteiger partial charge in [-0.3, -0.25) is 10.1 Å². The fourth-order valence-corrected chi connectivity index (χ4v) is 2.65. The van der Waals surface area contributed by atoms with Crippen LogP contribution in [-0.2, 0) is 13.0 Å². The largest absolute Gasteiger partial charge is 0.308 e. The van der Waals surface area contributed by atoms with E-state index in [9.17, 15) is 0 Å². The van der Waals surface area contributed by atoms with Gasteiger partial charge < -0.3 is 5.32 Å². The minimum atomic E-state index is 0.430. The van der Waals surface area contributed by atoms with E-state index < -0.39 is 0 Å². The Hall–Kier alpha value is -1.16. The van der Waals surface area contributed by atoms with Crippen LogP contribution in [-0.4, -0.2) is 29.5 Å². The van der Waals surface area contributed by atoms with Crippen molar-refractivity contribution in [3.05, 3.63) is 17.0 Å². The molecule has 2 aliphatic rings. The Balaban J connectivity index is 1.79. The summed E-state index contributed by atoms with van der Waals surface area (Å²) in [5, 5.41) is 11.2. The first-order valence-electron chi connectivity index (χ1n) is 6.10. The highest BCUT2D eigenvalue weighted by molar-refractivity contribution is 5.32. The van der Waals surface area contributed by atoms with Gasteiger partial charge in [0.1, 0.15) is 0 Å². The molecule has 1 saturated carbocycles. The van der Waals surface area contributed by atoms with Gasteiger partial charge in [-0.1, -0.05) is 6.42 Å². The third-order valence-corrected chi connectivity index (χ3v) is 3.84. The van der Waals surface area contributed by atoms with Crippen LogP contribution in [0.1, 0.15) is 42.1 Å². The number of fused-ring (bicyclic) bond motifs is 1. The third kappa shape index (κ3) is 1.57. The Labute approximate surface area is 95.5 Å². The van der Waals surface area contributed by atoms with Gasteiger partial charge in [0, 0.05) is 36.2 Å². The first-order chi connectivity index (χ1) is 7.88. The van der Waals surface area contributed by atoms with E-state index in [0.29, 0.717) is 6.04 Å². The molecule has 0 radical (unpaired) electrons. The van der Waals surface area contributed by atoms with Crippen LogP contribution < -0.4 is 5.32 Å². The van der Waals surface area contributed by atoms with Crippen molar-refractivity contribution in [1.29, 1.82) is 0 Å². The SMILES string of the molecule is C=NCC1Cc2[nH]nc(C3CCC3)c2CN1. The first-order valence-corrected chi connectivity index (χ1v) is 6.10. The Morgan fingerprint density at radius 1 is 1.44 bits per heavy atom. The number of H-pyrrole nitrogens is 1. The van der Waals surface area contributed by atoms with Crippen molar-refractivity contribution in [2.45, 2.75) is 44.2 Å². The summed E-state index contributed by atoms with van der Waals surface area (Å²) in [7, 11) is 0. The molecule has 4 nitrogen and oxygen atoms in total. The monoisotopic (exact) mass is 218 g/mol. The zero-order valence-corrected chi connectivity index (χ0v) is 9.50. The summed E-state index contributed by atoms with van der Waals surface area (Å²) in [5.74, 6) is 0.718. The number of aromatic amines is 1. The van der Waals surface area contributed by atoms with Crippen molar-refractivity contribution in [2.24, 2.45) is 4.99 Å². The van der Waals surface area contributed by atoms with Gasteiger partial charge in [0.2, 0.25) is 0 Å². The molecule has 2 heterocycles. The van der Waals surface area contributed by atoms with Crippen LogP contribution in [0.4, 0.5) is 0 Å². The Morgan fingerprint density at radius 3 is 3.00 bits per heavy atom. The summed E-state index contributed by atoms with van der Waals surface area (Å²) in [4.78, 5) is 3.95. The summed E-state index contributed by atoms with van der Waals surface area (Å²) in [6.45, 7) is 5.28. The summed E-state index contributed by atoms with van der Waals surface area (Å²) < 4.78 is 0. The molecule has 0 spiro atoms. The molecule has 2 N–H and O–H groups in total. The van der Waals surface area contributed by atoms with E-state index in [1.165, 1.54) is 36.2 Å². The van der Waals surface area contributed by atoms with Gasteiger partial charge in [-0.15, -0.1) is 0 Å². The van der Waals surface area contributed by atoms with Crippen LogP contribution in [0.15, 0.2) is 4.99 Å². The quantitative estimate of drug-likeness (QED) is 0.753. The lowest BCUT2D eigenvalue weighted by Crippen LogP contribution is -2.38. The lowest BCUT2D eigenvalue weighted by atomic mass is 9.80. The van der Waals surface area contributed by atoms with Crippen LogP contribution in [0.3, 0.4) is 0 Å². The van der Waals surface area contributed by atoms with Gasteiger partial charge in [0.05, 0.1) is 12.2 Å². The molecule has 0 aromatic carbocycles. The van der Waals surface area contributed by atoms with Crippen molar-refractivity contribution < 1.29 is 0 Å². The Bertz CT molecular complexity index is 392. The number of nitrogens with one attached hydrogen (secondary N) is 2. The van der Waals surface area contributed by atoms with Crippen molar-refractivity contribution in [2.75, 3.05) is 6.54 Å². The van der Waals surface area contributed by atoms with Crippen molar-refractivity contribution in [3.63, 3.8) is 0 Å².